The first-order valence-electron chi connectivity index (χ1n) is 4.12. The molecule has 0 bridgehead atoms. The summed E-state index contributed by atoms with van der Waals surface area (Å²) in [6, 6.07) is 1.94. The standard InChI is InChI=1S/C9H13Cl2N/c1-4-12-8(6(2)3)5-7(10)9(12)11/h5-6H,4H2,1-3H3. The second-order valence-corrected chi connectivity index (χ2v) is 3.87. The molecule has 0 atom stereocenters. The van der Waals surface area contributed by atoms with E-state index in [1.54, 1.807) is 0 Å². The molecule has 0 fully saturated rings. The van der Waals surface area contributed by atoms with Gasteiger partial charge in [0.05, 0.1) is 5.02 Å². The third-order valence-electron chi connectivity index (χ3n) is 1.93. The SMILES string of the molecule is CCn1c(C(C)C)cc(Cl)c1Cl. The van der Waals surface area contributed by atoms with Gasteiger partial charge >= 0.3 is 0 Å². The van der Waals surface area contributed by atoms with E-state index in [2.05, 4.69) is 20.8 Å². The van der Waals surface area contributed by atoms with Crippen molar-refractivity contribution in [2.24, 2.45) is 0 Å². The molecule has 0 spiro atoms. The highest BCUT2D eigenvalue weighted by Gasteiger charge is 2.12. The zero-order valence-electron chi connectivity index (χ0n) is 7.56. The summed E-state index contributed by atoms with van der Waals surface area (Å²) in [5, 5.41) is 1.31. The molecular weight excluding hydrogens is 193 g/mol. The molecular formula is C9H13Cl2N. The molecule has 3 heteroatoms. The minimum absolute atomic E-state index is 0.468. The molecule has 0 radical (unpaired) electrons. The highest BCUT2D eigenvalue weighted by Crippen LogP contribution is 2.29. The van der Waals surface area contributed by atoms with E-state index in [9.17, 15) is 0 Å². The van der Waals surface area contributed by atoms with Gasteiger partial charge in [-0.05, 0) is 18.9 Å². The zero-order chi connectivity index (χ0) is 9.30. The van der Waals surface area contributed by atoms with E-state index < -0.39 is 0 Å². The molecule has 0 aliphatic heterocycles. The lowest BCUT2D eigenvalue weighted by molar-refractivity contribution is 0.674. The van der Waals surface area contributed by atoms with Crippen LogP contribution in [0.4, 0.5) is 0 Å². The molecule has 0 aromatic carbocycles. The van der Waals surface area contributed by atoms with Crippen molar-refractivity contribution < 1.29 is 0 Å². The summed E-state index contributed by atoms with van der Waals surface area (Å²) in [5.74, 6) is 0.468. The molecule has 0 saturated carbocycles. The first-order chi connectivity index (χ1) is 5.57. The van der Waals surface area contributed by atoms with Crippen LogP contribution in [0, 0.1) is 0 Å². The Morgan fingerprint density at radius 3 is 2.33 bits per heavy atom. The van der Waals surface area contributed by atoms with Gasteiger partial charge in [0.25, 0.3) is 0 Å². The van der Waals surface area contributed by atoms with Crippen LogP contribution in [0.5, 0.6) is 0 Å². The summed E-state index contributed by atoms with van der Waals surface area (Å²) in [6.07, 6.45) is 0. The maximum Gasteiger partial charge on any atom is 0.127 e. The average Bonchev–Trinajstić information content (AvgIpc) is 2.29. The van der Waals surface area contributed by atoms with Gasteiger partial charge in [-0.3, -0.25) is 0 Å². The van der Waals surface area contributed by atoms with Crippen molar-refractivity contribution in [2.45, 2.75) is 33.2 Å². The van der Waals surface area contributed by atoms with Gasteiger partial charge in [0.2, 0.25) is 0 Å². The Labute approximate surface area is 83.3 Å². The highest BCUT2D eigenvalue weighted by molar-refractivity contribution is 6.41. The fourth-order valence-corrected chi connectivity index (χ4v) is 1.79. The topological polar surface area (TPSA) is 4.93 Å². The van der Waals surface area contributed by atoms with Crippen molar-refractivity contribution in [3.63, 3.8) is 0 Å². The molecule has 0 aliphatic rings. The van der Waals surface area contributed by atoms with E-state index in [0.717, 1.165) is 6.54 Å². The molecule has 0 amide bonds. The molecule has 12 heavy (non-hydrogen) atoms. The highest BCUT2D eigenvalue weighted by atomic mass is 35.5. The van der Waals surface area contributed by atoms with Gasteiger partial charge in [0, 0.05) is 12.2 Å². The number of halogens is 2. The molecule has 0 aliphatic carbocycles. The number of nitrogens with zero attached hydrogens (tertiary/aromatic N) is 1. The number of rotatable bonds is 2. The van der Waals surface area contributed by atoms with Gasteiger partial charge in [0.1, 0.15) is 5.15 Å². The van der Waals surface area contributed by atoms with Crippen LogP contribution >= 0.6 is 23.2 Å². The first-order valence-corrected chi connectivity index (χ1v) is 4.88. The van der Waals surface area contributed by atoms with Gasteiger partial charge in [-0.2, -0.15) is 0 Å². The summed E-state index contributed by atoms with van der Waals surface area (Å²) >= 11 is 11.9. The molecule has 1 aromatic heterocycles. The number of hydrogen-bond acceptors (Lipinski definition) is 0. The minimum Gasteiger partial charge on any atom is -0.335 e. The Balaban J connectivity index is 3.20. The average molecular weight is 206 g/mol. The fourth-order valence-electron chi connectivity index (χ4n) is 1.31. The molecule has 68 valence electrons. The van der Waals surface area contributed by atoms with E-state index in [0.29, 0.717) is 16.1 Å². The minimum atomic E-state index is 0.468. The van der Waals surface area contributed by atoms with Gasteiger partial charge in [-0.25, -0.2) is 0 Å². The van der Waals surface area contributed by atoms with Crippen LogP contribution in [0.3, 0.4) is 0 Å². The molecule has 1 rings (SSSR count). The number of aromatic nitrogens is 1. The summed E-state index contributed by atoms with van der Waals surface area (Å²) in [6.45, 7) is 7.20. The van der Waals surface area contributed by atoms with Gasteiger partial charge in [-0.15, -0.1) is 0 Å². The van der Waals surface area contributed by atoms with Crippen molar-refractivity contribution >= 4 is 23.2 Å². The van der Waals surface area contributed by atoms with Gasteiger partial charge < -0.3 is 4.57 Å². The van der Waals surface area contributed by atoms with E-state index in [4.69, 9.17) is 23.2 Å². The van der Waals surface area contributed by atoms with Crippen molar-refractivity contribution in [2.75, 3.05) is 0 Å². The van der Waals surface area contributed by atoms with Crippen LogP contribution in [0.25, 0.3) is 0 Å². The van der Waals surface area contributed by atoms with Crippen molar-refractivity contribution in [1.82, 2.24) is 4.57 Å². The van der Waals surface area contributed by atoms with Crippen LogP contribution in [-0.2, 0) is 6.54 Å². The van der Waals surface area contributed by atoms with Crippen molar-refractivity contribution in [3.8, 4) is 0 Å². The first kappa shape index (κ1) is 9.94. The second-order valence-electron chi connectivity index (χ2n) is 3.11. The molecule has 1 nitrogen and oxygen atoms in total. The largest absolute Gasteiger partial charge is 0.335 e. The lowest BCUT2D eigenvalue weighted by Gasteiger charge is -2.09. The van der Waals surface area contributed by atoms with Crippen LogP contribution < -0.4 is 0 Å². The van der Waals surface area contributed by atoms with Crippen molar-refractivity contribution in [3.05, 3.63) is 21.9 Å². The normalized spacial score (nSPS) is 11.2. The van der Waals surface area contributed by atoms with Crippen molar-refractivity contribution in [1.29, 1.82) is 0 Å². The van der Waals surface area contributed by atoms with Crippen LogP contribution in [0.1, 0.15) is 32.4 Å². The Bertz CT molecular complexity index is 276. The second kappa shape index (κ2) is 3.71. The smallest absolute Gasteiger partial charge is 0.127 e. The maximum atomic E-state index is 5.99. The Morgan fingerprint density at radius 2 is 2.00 bits per heavy atom. The van der Waals surface area contributed by atoms with Crippen LogP contribution in [0.15, 0.2) is 6.07 Å². The molecule has 0 N–H and O–H groups in total. The predicted molar refractivity (Wildman–Crippen MR) is 54.2 cm³/mol. The summed E-state index contributed by atoms with van der Waals surface area (Å²) in [4.78, 5) is 0. The maximum absolute atomic E-state index is 5.99. The quantitative estimate of drug-likeness (QED) is 0.690. The lowest BCUT2D eigenvalue weighted by atomic mass is 10.1. The van der Waals surface area contributed by atoms with Crippen LogP contribution in [-0.4, -0.2) is 4.57 Å². The third kappa shape index (κ3) is 1.62. The Kier molecular flexibility index (Phi) is 3.08. The van der Waals surface area contributed by atoms with Crippen LogP contribution in [0.2, 0.25) is 10.2 Å². The van der Waals surface area contributed by atoms with E-state index in [-0.39, 0.29) is 0 Å². The van der Waals surface area contributed by atoms with Gasteiger partial charge in [-0.1, -0.05) is 37.0 Å². The molecule has 0 saturated heterocycles. The Morgan fingerprint density at radius 1 is 1.42 bits per heavy atom. The molecule has 1 aromatic rings. The van der Waals surface area contributed by atoms with E-state index >= 15 is 0 Å². The lowest BCUT2D eigenvalue weighted by Crippen LogP contribution is -2.01. The summed E-state index contributed by atoms with van der Waals surface area (Å²) < 4.78 is 2.04. The number of hydrogen-bond donors (Lipinski definition) is 0. The Hall–Kier alpha value is -0.140. The fraction of sp³-hybridized carbons (Fsp3) is 0.556. The van der Waals surface area contributed by atoms with E-state index in [1.807, 2.05) is 10.6 Å². The summed E-state index contributed by atoms with van der Waals surface area (Å²) in [5.41, 5.74) is 1.20. The monoisotopic (exact) mass is 205 g/mol. The molecule has 1 heterocycles. The predicted octanol–water partition coefficient (Wildman–Crippen LogP) is 3.94. The van der Waals surface area contributed by atoms with E-state index in [1.165, 1.54) is 5.69 Å². The summed E-state index contributed by atoms with van der Waals surface area (Å²) in [7, 11) is 0. The zero-order valence-corrected chi connectivity index (χ0v) is 9.08. The molecule has 0 unspecified atom stereocenters. The van der Waals surface area contributed by atoms with Gasteiger partial charge in [0.15, 0.2) is 0 Å². The third-order valence-corrected chi connectivity index (χ3v) is 2.72.